The van der Waals surface area contributed by atoms with Crippen molar-refractivity contribution in [3.05, 3.63) is 52.7 Å². The largest absolute Gasteiger partial charge is 0.437 e. The number of carbonyl (C=O) groups excluding carboxylic acids is 1. The highest BCUT2D eigenvalue weighted by Gasteiger charge is 2.14. The Labute approximate surface area is 123 Å². The predicted molar refractivity (Wildman–Crippen MR) is 75.7 cm³/mol. The summed E-state index contributed by atoms with van der Waals surface area (Å²) < 4.78 is 5.90. The van der Waals surface area contributed by atoms with Gasteiger partial charge in [0.15, 0.2) is 18.2 Å². The van der Waals surface area contributed by atoms with Crippen LogP contribution in [0.1, 0.15) is 10.5 Å². The molecule has 0 saturated carbocycles. The summed E-state index contributed by atoms with van der Waals surface area (Å²) in [6.07, 6.45) is 2.67. The first-order chi connectivity index (χ1) is 10.7. The molecular formula is C13H10N6O3. The molecule has 22 heavy (non-hydrogen) atoms. The molecule has 2 aromatic heterocycles. The Morgan fingerprint density at radius 1 is 1.23 bits per heavy atom. The zero-order valence-corrected chi connectivity index (χ0v) is 11.2. The summed E-state index contributed by atoms with van der Waals surface area (Å²) in [5.41, 5.74) is 5.46. The van der Waals surface area contributed by atoms with Crippen LogP contribution in [0.5, 0.6) is 0 Å². The fourth-order valence-electron chi connectivity index (χ4n) is 1.80. The Hall–Kier alpha value is -3.36. The summed E-state index contributed by atoms with van der Waals surface area (Å²) in [4.78, 5) is 31.5. The fraction of sp³-hybridized carbons (Fsp3) is 0.0769. The van der Waals surface area contributed by atoms with Crippen LogP contribution in [0.4, 0.5) is 5.82 Å². The summed E-state index contributed by atoms with van der Waals surface area (Å²) in [6, 6.07) is 6.74. The Balaban J connectivity index is 1.83. The van der Waals surface area contributed by atoms with Gasteiger partial charge in [-0.05, 0) is 12.1 Å². The van der Waals surface area contributed by atoms with Crippen molar-refractivity contribution in [1.82, 2.24) is 25.0 Å². The molecule has 3 rings (SSSR count). The van der Waals surface area contributed by atoms with Crippen molar-refractivity contribution in [3.63, 3.8) is 0 Å². The van der Waals surface area contributed by atoms with E-state index in [0.29, 0.717) is 10.9 Å². The summed E-state index contributed by atoms with van der Waals surface area (Å²) >= 11 is 0. The second kappa shape index (κ2) is 5.56. The standard InChI is InChI=1S/C13H10N6O3/c14-11-10(15-5-6-16-11)13(21)22-7-19-12(20)8-3-1-2-4-9(8)17-18-19/h1-6H,7H2,(H2,14,16). The summed E-state index contributed by atoms with van der Waals surface area (Å²) in [7, 11) is 0. The number of hydrogen-bond acceptors (Lipinski definition) is 8. The van der Waals surface area contributed by atoms with E-state index in [2.05, 4.69) is 20.3 Å². The third kappa shape index (κ3) is 2.46. The molecule has 0 atom stereocenters. The third-order valence-corrected chi connectivity index (χ3v) is 2.87. The molecular weight excluding hydrogens is 288 g/mol. The highest BCUT2D eigenvalue weighted by atomic mass is 16.5. The van der Waals surface area contributed by atoms with Crippen molar-refractivity contribution in [2.45, 2.75) is 6.73 Å². The van der Waals surface area contributed by atoms with Crippen LogP contribution in [-0.2, 0) is 11.5 Å². The molecule has 2 N–H and O–H groups in total. The van der Waals surface area contributed by atoms with Crippen molar-refractivity contribution >= 4 is 22.7 Å². The van der Waals surface area contributed by atoms with Gasteiger partial charge in [0.05, 0.1) is 5.39 Å². The van der Waals surface area contributed by atoms with E-state index in [0.717, 1.165) is 4.68 Å². The minimum atomic E-state index is -0.799. The number of carbonyl (C=O) groups is 1. The van der Waals surface area contributed by atoms with Gasteiger partial charge in [-0.15, -0.1) is 5.10 Å². The van der Waals surface area contributed by atoms with Crippen molar-refractivity contribution in [2.75, 3.05) is 5.73 Å². The first-order valence-corrected chi connectivity index (χ1v) is 6.23. The zero-order valence-electron chi connectivity index (χ0n) is 11.2. The number of hydrogen-bond donors (Lipinski definition) is 1. The number of ether oxygens (including phenoxy) is 1. The number of esters is 1. The van der Waals surface area contributed by atoms with Crippen LogP contribution in [0.15, 0.2) is 41.5 Å². The molecule has 0 aliphatic rings. The highest BCUT2D eigenvalue weighted by Crippen LogP contribution is 2.06. The monoisotopic (exact) mass is 298 g/mol. The minimum Gasteiger partial charge on any atom is -0.437 e. The van der Waals surface area contributed by atoms with Gasteiger partial charge in [0.1, 0.15) is 5.52 Å². The quantitative estimate of drug-likeness (QED) is 0.668. The lowest BCUT2D eigenvalue weighted by molar-refractivity contribution is 0.0330. The van der Waals surface area contributed by atoms with E-state index in [4.69, 9.17) is 10.5 Å². The number of aromatic nitrogens is 5. The van der Waals surface area contributed by atoms with Crippen LogP contribution in [0.3, 0.4) is 0 Å². The predicted octanol–water partition coefficient (Wildman–Crippen LogP) is -0.0218. The molecule has 110 valence electrons. The maximum atomic E-state index is 12.2. The van der Waals surface area contributed by atoms with E-state index in [1.165, 1.54) is 12.4 Å². The molecule has 0 bridgehead atoms. The number of fused-ring (bicyclic) bond motifs is 1. The molecule has 9 heteroatoms. The van der Waals surface area contributed by atoms with Gasteiger partial charge in [0.2, 0.25) is 0 Å². The highest BCUT2D eigenvalue weighted by molar-refractivity contribution is 5.91. The van der Waals surface area contributed by atoms with E-state index in [-0.39, 0.29) is 11.5 Å². The lowest BCUT2D eigenvalue weighted by atomic mass is 10.2. The summed E-state index contributed by atoms with van der Waals surface area (Å²) in [5.74, 6) is -0.850. The van der Waals surface area contributed by atoms with E-state index in [9.17, 15) is 9.59 Å². The Morgan fingerprint density at radius 2 is 2.00 bits per heavy atom. The first kappa shape index (κ1) is 13.6. The van der Waals surface area contributed by atoms with Crippen LogP contribution in [0.2, 0.25) is 0 Å². The molecule has 0 radical (unpaired) electrons. The molecule has 0 aliphatic carbocycles. The molecule has 1 aromatic carbocycles. The molecule has 0 saturated heterocycles. The maximum Gasteiger partial charge on any atom is 0.362 e. The number of nitrogen functional groups attached to an aromatic ring is 1. The van der Waals surface area contributed by atoms with E-state index in [1.807, 2.05) is 0 Å². The SMILES string of the molecule is Nc1nccnc1C(=O)OCn1nnc2ccccc2c1=O. The number of anilines is 1. The van der Waals surface area contributed by atoms with Gasteiger partial charge in [0, 0.05) is 12.4 Å². The van der Waals surface area contributed by atoms with Gasteiger partial charge >= 0.3 is 5.97 Å². The number of nitrogens with zero attached hydrogens (tertiary/aromatic N) is 5. The smallest absolute Gasteiger partial charge is 0.362 e. The second-order valence-corrected chi connectivity index (χ2v) is 4.26. The lowest BCUT2D eigenvalue weighted by Crippen LogP contribution is -2.27. The number of rotatable bonds is 3. The lowest BCUT2D eigenvalue weighted by Gasteiger charge is -2.06. The number of nitrogens with two attached hydrogens (primary N) is 1. The van der Waals surface area contributed by atoms with Crippen LogP contribution < -0.4 is 11.3 Å². The third-order valence-electron chi connectivity index (χ3n) is 2.87. The van der Waals surface area contributed by atoms with Crippen LogP contribution in [-0.4, -0.2) is 30.9 Å². The van der Waals surface area contributed by atoms with Gasteiger partial charge in [0.25, 0.3) is 5.56 Å². The Morgan fingerprint density at radius 3 is 2.82 bits per heavy atom. The molecule has 2 heterocycles. The first-order valence-electron chi connectivity index (χ1n) is 6.23. The van der Waals surface area contributed by atoms with Gasteiger partial charge in [-0.3, -0.25) is 4.79 Å². The van der Waals surface area contributed by atoms with Crippen LogP contribution in [0, 0.1) is 0 Å². The molecule has 9 nitrogen and oxygen atoms in total. The van der Waals surface area contributed by atoms with Gasteiger partial charge in [-0.2, -0.15) is 4.68 Å². The van der Waals surface area contributed by atoms with Crippen LogP contribution >= 0.6 is 0 Å². The average molecular weight is 298 g/mol. The maximum absolute atomic E-state index is 12.2. The van der Waals surface area contributed by atoms with E-state index >= 15 is 0 Å². The Bertz CT molecular complexity index is 907. The molecule has 0 aliphatic heterocycles. The van der Waals surface area contributed by atoms with E-state index in [1.54, 1.807) is 24.3 Å². The Kier molecular flexibility index (Phi) is 3.44. The second-order valence-electron chi connectivity index (χ2n) is 4.26. The van der Waals surface area contributed by atoms with Gasteiger partial charge in [-0.1, -0.05) is 17.3 Å². The molecule has 0 spiro atoms. The summed E-state index contributed by atoms with van der Waals surface area (Å²) in [5, 5.41) is 7.97. The van der Waals surface area contributed by atoms with Gasteiger partial charge < -0.3 is 10.5 Å². The molecule has 0 unspecified atom stereocenters. The summed E-state index contributed by atoms with van der Waals surface area (Å²) in [6.45, 7) is -0.397. The van der Waals surface area contributed by atoms with E-state index < -0.39 is 18.3 Å². The van der Waals surface area contributed by atoms with Crippen molar-refractivity contribution in [3.8, 4) is 0 Å². The zero-order chi connectivity index (χ0) is 15.5. The van der Waals surface area contributed by atoms with Crippen molar-refractivity contribution in [2.24, 2.45) is 0 Å². The van der Waals surface area contributed by atoms with Crippen molar-refractivity contribution in [1.29, 1.82) is 0 Å². The normalized spacial score (nSPS) is 10.5. The average Bonchev–Trinajstić information content (AvgIpc) is 2.55. The molecule has 3 aromatic rings. The topological polar surface area (TPSA) is 126 Å². The molecule has 0 amide bonds. The van der Waals surface area contributed by atoms with Gasteiger partial charge in [-0.25, -0.2) is 14.8 Å². The van der Waals surface area contributed by atoms with Crippen molar-refractivity contribution < 1.29 is 9.53 Å². The molecule has 0 fully saturated rings. The number of benzene rings is 1. The van der Waals surface area contributed by atoms with Crippen LogP contribution in [0.25, 0.3) is 10.9 Å². The fourth-order valence-corrected chi connectivity index (χ4v) is 1.80. The minimum absolute atomic E-state index is 0.0514.